The molecule has 1 aromatic heterocycles. The van der Waals surface area contributed by atoms with Crippen LogP contribution in [0.25, 0.3) is 0 Å². The number of pyridine rings is 1. The monoisotopic (exact) mass is 331 g/mol. The summed E-state index contributed by atoms with van der Waals surface area (Å²) in [4.78, 5) is 4.56. The van der Waals surface area contributed by atoms with Crippen LogP contribution in [0.5, 0.6) is 5.75 Å². The Hall–Kier alpha value is -1.05. The second kappa shape index (κ2) is 11.5. The number of aromatic nitrogens is 1. The summed E-state index contributed by atoms with van der Waals surface area (Å²) in [6, 6.07) is 4.25. The quantitative estimate of drug-likeness (QED) is 0.427. The molecule has 0 atom stereocenters. The molecule has 24 heavy (non-hydrogen) atoms. The van der Waals surface area contributed by atoms with Gasteiger partial charge in [-0.05, 0) is 49.7 Å². The van der Waals surface area contributed by atoms with E-state index in [2.05, 4.69) is 31.0 Å². The summed E-state index contributed by atoms with van der Waals surface area (Å²) in [5, 5.41) is 0. The summed E-state index contributed by atoms with van der Waals surface area (Å²) in [7, 11) is 0. The van der Waals surface area contributed by atoms with Crippen molar-refractivity contribution in [3.8, 4) is 5.75 Å². The minimum Gasteiger partial charge on any atom is -0.492 e. The van der Waals surface area contributed by atoms with Gasteiger partial charge in [-0.3, -0.25) is 4.98 Å². The highest BCUT2D eigenvalue weighted by molar-refractivity contribution is 5.19. The number of hydrogen-bond acceptors (Lipinski definition) is 2. The van der Waals surface area contributed by atoms with Gasteiger partial charge in [-0.2, -0.15) is 0 Å². The van der Waals surface area contributed by atoms with Gasteiger partial charge in [0.05, 0.1) is 12.8 Å². The average Bonchev–Trinajstić information content (AvgIpc) is 2.64. The molecule has 0 saturated heterocycles. The van der Waals surface area contributed by atoms with Gasteiger partial charge in [0, 0.05) is 5.69 Å². The Kier molecular flexibility index (Phi) is 9.23. The van der Waals surface area contributed by atoms with Crippen LogP contribution in [-0.2, 0) is 6.42 Å². The zero-order chi connectivity index (χ0) is 17.0. The normalized spacial score (nSPS) is 20.9. The van der Waals surface area contributed by atoms with Crippen molar-refractivity contribution in [2.45, 2.75) is 90.9 Å². The molecule has 1 heterocycles. The molecule has 2 rings (SSSR count). The number of rotatable bonds is 11. The largest absolute Gasteiger partial charge is 0.492 e. The van der Waals surface area contributed by atoms with E-state index in [1.807, 2.05) is 6.20 Å². The molecular formula is C22H37NO. The molecule has 0 aliphatic heterocycles. The molecule has 1 saturated carbocycles. The topological polar surface area (TPSA) is 22.1 Å². The van der Waals surface area contributed by atoms with E-state index < -0.39 is 0 Å². The molecule has 136 valence electrons. The van der Waals surface area contributed by atoms with E-state index in [-0.39, 0.29) is 0 Å². The molecule has 0 amide bonds. The molecule has 0 radical (unpaired) electrons. The van der Waals surface area contributed by atoms with Gasteiger partial charge in [0.1, 0.15) is 5.75 Å². The smallest absolute Gasteiger partial charge is 0.137 e. The molecule has 1 aromatic rings. The Morgan fingerprint density at radius 2 is 1.67 bits per heavy atom. The van der Waals surface area contributed by atoms with Crippen molar-refractivity contribution in [1.82, 2.24) is 4.98 Å². The standard InChI is InChI=1S/C22H37NO/c1-3-5-7-8-10-21-15-16-22(17-23-21)24-18-20-13-11-19(12-14-20)9-6-4-2/h15-17,19-20H,3-14,18H2,1-2H3. The average molecular weight is 332 g/mol. The molecule has 0 spiro atoms. The first-order chi connectivity index (χ1) is 11.8. The van der Waals surface area contributed by atoms with Crippen LogP contribution in [0.3, 0.4) is 0 Å². The third kappa shape index (κ3) is 7.23. The van der Waals surface area contributed by atoms with Crippen molar-refractivity contribution >= 4 is 0 Å². The summed E-state index contributed by atoms with van der Waals surface area (Å²) in [6.07, 6.45) is 17.9. The van der Waals surface area contributed by atoms with E-state index in [1.165, 1.54) is 76.3 Å². The lowest BCUT2D eigenvalue weighted by Gasteiger charge is -2.28. The lowest BCUT2D eigenvalue weighted by molar-refractivity contribution is 0.177. The van der Waals surface area contributed by atoms with Gasteiger partial charge in [-0.25, -0.2) is 0 Å². The van der Waals surface area contributed by atoms with Gasteiger partial charge < -0.3 is 4.74 Å². The third-order valence-electron chi connectivity index (χ3n) is 5.50. The van der Waals surface area contributed by atoms with Crippen molar-refractivity contribution < 1.29 is 4.74 Å². The molecule has 0 bridgehead atoms. The Morgan fingerprint density at radius 3 is 2.33 bits per heavy atom. The van der Waals surface area contributed by atoms with Gasteiger partial charge in [0.2, 0.25) is 0 Å². The van der Waals surface area contributed by atoms with Gasteiger partial charge >= 0.3 is 0 Å². The first-order valence-electron chi connectivity index (χ1n) is 10.4. The molecular weight excluding hydrogens is 294 g/mol. The maximum absolute atomic E-state index is 6.00. The maximum atomic E-state index is 6.00. The summed E-state index contributed by atoms with van der Waals surface area (Å²) >= 11 is 0. The molecule has 0 unspecified atom stereocenters. The minimum atomic E-state index is 0.747. The number of unbranched alkanes of at least 4 members (excludes halogenated alkanes) is 4. The molecule has 0 aromatic carbocycles. The second-order valence-electron chi connectivity index (χ2n) is 7.64. The Morgan fingerprint density at radius 1 is 0.917 bits per heavy atom. The fourth-order valence-electron chi connectivity index (χ4n) is 3.77. The molecule has 1 aliphatic carbocycles. The fraction of sp³-hybridized carbons (Fsp3) is 0.773. The summed E-state index contributed by atoms with van der Waals surface area (Å²) in [6.45, 7) is 5.42. The zero-order valence-corrected chi connectivity index (χ0v) is 15.9. The predicted octanol–water partition coefficient (Wildman–Crippen LogP) is 6.58. The van der Waals surface area contributed by atoms with Crippen LogP contribution in [-0.4, -0.2) is 11.6 Å². The lowest BCUT2D eigenvalue weighted by atomic mass is 9.80. The highest BCUT2D eigenvalue weighted by atomic mass is 16.5. The van der Waals surface area contributed by atoms with E-state index in [1.54, 1.807) is 0 Å². The van der Waals surface area contributed by atoms with Crippen molar-refractivity contribution in [1.29, 1.82) is 0 Å². The van der Waals surface area contributed by atoms with Crippen molar-refractivity contribution in [3.63, 3.8) is 0 Å². The van der Waals surface area contributed by atoms with Gasteiger partial charge in [-0.1, -0.05) is 65.2 Å². The van der Waals surface area contributed by atoms with Crippen LogP contribution in [0.2, 0.25) is 0 Å². The minimum absolute atomic E-state index is 0.747. The van der Waals surface area contributed by atoms with Gasteiger partial charge in [-0.15, -0.1) is 0 Å². The molecule has 1 aliphatic rings. The van der Waals surface area contributed by atoms with Gasteiger partial charge in [0.15, 0.2) is 0 Å². The van der Waals surface area contributed by atoms with E-state index in [0.29, 0.717) is 0 Å². The third-order valence-corrected chi connectivity index (χ3v) is 5.50. The van der Waals surface area contributed by atoms with Crippen LogP contribution < -0.4 is 4.74 Å². The molecule has 0 N–H and O–H groups in total. The van der Waals surface area contributed by atoms with Crippen LogP contribution >= 0.6 is 0 Å². The Bertz CT molecular complexity index is 420. The van der Waals surface area contributed by atoms with Crippen LogP contribution in [0, 0.1) is 11.8 Å². The summed E-state index contributed by atoms with van der Waals surface area (Å²) in [5.41, 5.74) is 1.20. The highest BCUT2D eigenvalue weighted by Gasteiger charge is 2.21. The maximum Gasteiger partial charge on any atom is 0.137 e. The molecule has 2 heteroatoms. The van der Waals surface area contributed by atoms with E-state index in [9.17, 15) is 0 Å². The fourth-order valence-corrected chi connectivity index (χ4v) is 3.77. The van der Waals surface area contributed by atoms with Crippen molar-refractivity contribution in [2.75, 3.05) is 6.61 Å². The molecule has 1 fully saturated rings. The Labute approximate surface area is 149 Å². The van der Waals surface area contributed by atoms with E-state index >= 15 is 0 Å². The second-order valence-corrected chi connectivity index (χ2v) is 7.64. The van der Waals surface area contributed by atoms with Crippen LogP contribution in [0.1, 0.15) is 90.2 Å². The summed E-state index contributed by atoms with van der Waals surface area (Å²) in [5.74, 6) is 2.67. The first kappa shape index (κ1) is 19.3. The van der Waals surface area contributed by atoms with E-state index in [4.69, 9.17) is 4.74 Å². The number of nitrogens with zero attached hydrogens (tertiary/aromatic N) is 1. The van der Waals surface area contributed by atoms with Crippen molar-refractivity contribution in [3.05, 3.63) is 24.0 Å². The number of aryl methyl sites for hydroxylation is 1. The van der Waals surface area contributed by atoms with E-state index in [0.717, 1.165) is 30.6 Å². The summed E-state index contributed by atoms with van der Waals surface area (Å²) < 4.78 is 6.00. The SMILES string of the molecule is CCCCCCc1ccc(OCC2CCC(CCCC)CC2)cn1. The van der Waals surface area contributed by atoms with Crippen molar-refractivity contribution in [2.24, 2.45) is 11.8 Å². The lowest BCUT2D eigenvalue weighted by Crippen LogP contribution is -2.20. The highest BCUT2D eigenvalue weighted by Crippen LogP contribution is 2.32. The predicted molar refractivity (Wildman–Crippen MR) is 103 cm³/mol. The number of ether oxygens (including phenoxy) is 1. The van der Waals surface area contributed by atoms with Crippen LogP contribution in [0.4, 0.5) is 0 Å². The number of hydrogen-bond donors (Lipinski definition) is 0. The molecule has 2 nitrogen and oxygen atoms in total. The zero-order valence-electron chi connectivity index (χ0n) is 15.9. The first-order valence-corrected chi connectivity index (χ1v) is 10.4. The van der Waals surface area contributed by atoms with Crippen LogP contribution in [0.15, 0.2) is 18.3 Å². The Balaban J connectivity index is 1.62. The van der Waals surface area contributed by atoms with Gasteiger partial charge in [0.25, 0.3) is 0 Å².